The Hall–Kier alpha value is -3.76. The average molecular weight is 499 g/mol. The van der Waals surface area contributed by atoms with Gasteiger partial charge in [0.15, 0.2) is 0 Å². The van der Waals surface area contributed by atoms with Gasteiger partial charge in [-0.15, -0.1) is 0 Å². The second-order valence-corrected chi connectivity index (χ2v) is 7.96. The van der Waals surface area contributed by atoms with Gasteiger partial charge in [0.2, 0.25) is 11.8 Å². The number of unbranched alkanes of at least 4 members (excludes halogenated alkanes) is 1. The van der Waals surface area contributed by atoms with Crippen LogP contribution in [0, 0.1) is 0 Å². The summed E-state index contributed by atoms with van der Waals surface area (Å²) >= 11 is 0. The van der Waals surface area contributed by atoms with Crippen LogP contribution in [0.5, 0.6) is 0 Å². The summed E-state index contributed by atoms with van der Waals surface area (Å²) in [6, 6.07) is 13.3. The number of anilines is 2. The molecule has 4 N–H and O–H groups in total. The Morgan fingerprint density at radius 2 is 0.972 bits per heavy atom. The SMILES string of the molecule is COCCNC(=O)c1ccc(NC(=O)CCCCC(=O)Nc2ccc(C(=O)NCCOC)cc2)cc1. The summed E-state index contributed by atoms with van der Waals surface area (Å²) in [6.45, 7) is 1.72. The quantitative estimate of drug-likeness (QED) is 0.279. The van der Waals surface area contributed by atoms with Gasteiger partial charge in [-0.1, -0.05) is 0 Å². The van der Waals surface area contributed by atoms with Crippen LogP contribution in [0.15, 0.2) is 48.5 Å². The minimum Gasteiger partial charge on any atom is -0.383 e. The third-order valence-corrected chi connectivity index (χ3v) is 5.10. The summed E-state index contributed by atoms with van der Waals surface area (Å²) in [5, 5.41) is 11.0. The Bertz CT molecular complexity index is 911. The highest BCUT2D eigenvalue weighted by Crippen LogP contribution is 2.13. The number of amides is 4. The van der Waals surface area contributed by atoms with Crippen LogP contribution in [-0.2, 0) is 19.1 Å². The molecule has 0 radical (unpaired) electrons. The van der Waals surface area contributed by atoms with Crippen molar-refractivity contribution in [1.29, 1.82) is 0 Å². The van der Waals surface area contributed by atoms with E-state index in [9.17, 15) is 19.2 Å². The lowest BCUT2D eigenvalue weighted by atomic mass is 10.1. The normalized spacial score (nSPS) is 10.4. The molecule has 2 aromatic rings. The van der Waals surface area contributed by atoms with Crippen LogP contribution < -0.4 is 21.3 Å². The molecule has 0 spiro atoms. The van der Waals surface area contributed by atoms with Gasteiger partial charge in [0, 0.05) is 62.7 Å². The van der Waals surface area contributed by atoms with E-state index in [1.165, 1.54) is 0 Å². The summed E-state index contributed by atoms with van der Waals surface area (Å²) in [5.41, 5.74) is 2.19. The highest BCUT2D eigenvalue weighted by molar-refractivity contribution is 5.96. The van der Waals surface area contributed by atoms with E-state index in [2.05, 4.69) is 21.3 Å². The van der Waals surface area contributed by atoms with Crippen molar-refractivity contribution < 1.29 is 28.7 Å². The Morgan fingerprint density at radius 3 is 1.31 bits per heavy atom. The number of ether oxygens (including phenoxy) is 2. The summed E-state index contributed by atoms with van der Waals surface area (Å²) in [7, 11) is 3.13. The number of carbonyl (C=O) groups is 4. The van der Waals surface area contributed by atoms with Crippen molar-refractivity contribution in [3.05, 3.63) is 59.7 Å². The molecule has 0 aromatic heterocycles. The van der Waals surface area contributed by atoms with Crippen molar-refractivity contribution in [1.82, 2.24) is 10.6 Å². The van der Waals surface area contributed by atoms with Gasteiger partial charge in [0.05, 0.1) is 13.2 Å². The lowest BCUT2D eigenvalue weighted by Gasteiger charge is -2.08. The van der Waals surface area contributed by atoms with Crippen molar-refractivity contribution in [2.75, 3.05) is 51.2 Å². The van der Waals surface area contributed by atoms with Gasteiger partial charge in [0.1, 0.15) is 0 Å². The first-order valence-electron chi connectivity index (χ1n) is 11.8. The summed E-state index contributed by atoms with van der Waals surface area (Å²) in [5.74, 6) is -0.732. The first-order valence-corrected chi connectivity index (χ1v) is 11.8. The van der Waals surface area contributed by atoms with E-state index in [0.29, 0.717) is 61.6 Å². The molecule has 0 aliphatic heterocycles. The maximum atomic E-state index is 12.2. The predicted octanol–water partition coefficient (Wildman–Crippen LogP) is 2.58. The number of methoxy groups -OCH3 is 2. The van der Waals surface area contributed by atoms with Crippen molar-refractivity contribution in [3.8, 4) is 0 Å². The number of hydrogen-bond acceptors (Lipinski definition) is 6. The van der Waals surface area contributed by atoms with E-state index in [0.717, 1.165) is 0 Å². The monoisotopic (exact) mass is 498 g/mol. The molecule has 0 fully saturated rings. The van der Waals surface area contributed by atoms with Crippen molar-refractivity contribution in [2.24, 2.45) is 0 Å². The van der Waals surface area contributed by atoms with Gasteiger partial charge in [-0.2, -0.15) is 0 Å². The lowest BCUT2D eigenvalue weighted by Crippen LogP contribution is -2.26. The molecule has 4 amide bonds. The molecule has 0 aliphatic carbocycles. The number of benzene rings is 2. The Kier molecular flexibility index (Phi) is 12.7. The maximum Gasteiger partial charge on any atom is 0.251 e. The third-order valence-electron chi connectivity index (χ3n) is 5.10. The highest BCUT2D eigenvalue weighted by atomic mass is 16.5. The number of carbonyl (C=O) groups excluding carboxylic acids is 4. The number of rotatable bonds is 15. The number of nitrogens with one attached hydrogen (secondary N) is 4. The fourth-order valence-corrected chi connectivity index (χ4v) is 3.17. The zero-order valence-electron chi connectivity index (χ0n) is 20.7. The first-order chi connectivity index (χ1) is 17.4. The van der Waals surface area contributed by atoms with Crippen LogP contribution in [0.2, 0.25) is 0 Å². The Morgan fingerprint density at radius 1 is 0.611 bits per heavy atom. The van der Waals surface area contributed by atoms with Crippen LogP contribution >= 0.6 is 0 Å². The van der Waals surface area contributed by atoms with E-state index in [-0.39, 0.29) is 36.5 Å². The second-order valence-electron chi connectivity index (χ2n) is 7.96. The van der Waals surface area contributed by atoms with E-state index < -0.39 is 0 Å². The zero-order chi connectivity index (χ0) is 26.2. The lowest BCUT2D eigenvalue weighted by molar-refractivity contribution is -0.118. The minimum absolute atomic E-state index is 0.160. The summed E-state index contributed by atoms with van der Waals surface area (Å²) in [6.07, 6.45) is 1.67. The van der Waals surface area contributed by atoms with Crippen molar-refractivity contribution >= 4 is 35.0 Å². The highest BCUT2D eigenvalue weighted by Gasteiger charge is 2.09. The summed E-state index contributed by atoms with van der Waals surface area (Å²) < 4.78 is 9.79. The molecule has 0 unspecified atom stereocenters. The molecule has 194 valence electrons. The molecule has 36 heavy (non-hydrogen) atoms. The maximum absolute atomic E-state index is 12.2. The van der Waals surface area contributed by atoms with E-state index in [4.69, 9.17) is 9.47 Å². The minimum atomic E-state index is -0.206. The zero-order valence-corrected chi connectivity index (χ0v) is 20.7. The van der Waals surface area contributed by atoms with Crippen LogP contribution in [0.3, 0.4) is 0 Å². The fraction of sp³-hybridized carbons (Fsp3) is 0.385. The van der Waals surface area contributed by atoms with Gasteiger partial charge in [-0.05, 0) is 61.4 Å². The van der Waals surface area contributed by atoms with Crippen LogP contribution in [0.4, 0.5) is 11.4 Å². The van der Waals surface area contributed by atoms with Crippen LogP contribution in [0.25, 0.3) is 0 Å². The molecular formula is C26H34N4O6. The van der Waals surface area contributed by atoms with Crippen molar-refractivity contribution in [3.63, 3.8) is 0 Å². The van der Waals surface area contributed by atoms with E-state index in [1.807, 2.05) is 0 Å². The first kappa shape index (κ1) is 28.5. The smallest absolute Gasteiger partial charge is 0.251 e. The molecule has 0 heterocycles. The van der Waals surface area contributed by atoms with Gasteiger partial charge in [-0.25, -0.2) is 0 Å². The molecule has 0 bridgehead atoms. The van der Waals surface area contributed by atoms with Gasteiger partial charge >= 0.3 is 0 Å². The van der Waals surface area contributed by atoms with Gasteiger partial charge < -0.3 is 30.7 Å². The molecule has 10 nitrogen and oxygen atoms in total. The summed E-state index contributed by atoms with van der Waals surface area (Å²) in [4.78, 5) is 48.3. The average Bonchev–Trinajstić information content (AvgIpc) is 2.87. The van der Waals surface area contributed by atoms with E-state index in [1.54, 1.807) is 62.8 Å². The topological polar surface area (TPSA) is 135 Å². The molecular weight excluding hydrogens is 464 g/mol. The van der Waals surface area contributed by atoms with Gasteiger partial charge in [-0.3, -0.25) is 19.2 Å². The fourth-order valence-electron chi connectivity index (χ4n) is 3.17. The molecule has 0 saturated heterocycles. The molecule has 0 saturated carbocycles. The predicted molar refractivity (Wildman–Crippen MR) is 137 cm³/mol. The van der Waals surface area contributed by atoms with Crippen LogP contribution in [-0.4, -0.2) is 64.2 Å². The van der Waals surface area contributed by atoms with Crippen LogP contribution in [0.1, 0.15) is 46.4 Å². The number of hydrogen-bond donors (Lipinski definition) is 4. The molecule has 2 rings (SSSR count). The standard InChI is InChI=1S/C26H34N4O6/c1-35-17-15-27-25(33)19-7-11-21(12-8-19)29-23(31)5-3-4-6-24(32)30-22-13-9-20(10-14-22)26(34)28-16-18-36-2/h7-14H,3-6,15-18H2,1-2H3,(H,27,33)(H,28,34)(H,29,31)(H,30,32). The molecule has 0 aliphatic rings. The third kappa shape index (κ3) is 10.7. The molecule has 0 atom stereocenters. The second kappa shape index (κ2) is 16.0. The Labute approximate surface area is 211 Å². The largest absolute Gasteiger partial charge is 0.383 e. The van der Waals surface area contributed by atoms with E-state index >= 15 is 0 Å². The molecule has 10 heteroatoms. The van der Waals surface area contributed by atoms with Crippen molar-refractivity contribution in [2.45, 2.75) is 25.7 Å². The Balaban J connectivity index is 1.64. The molecule has 2 aromatic carbocycles. The van der Waals surface area contributed by atoms with Gasteiger partial charge in [0.25, 0.3) is 11.8 Å².